The highest BCUT2D eigenvalue weighted by molar-refractivity contribution is 5.95. The molecule has 0 bridgehead atoms. The van der Waals surface area contributed by atoms with Gasteiger partial charge in [-0.1, -0.05) is 18.2 Å². The Morgan fingerprint density at radius 3 is 2.39 bits per heavy atom. The Kier molecular flexibility index (Phi) is 4.95. The van der Waals surface area contributed by atoms with Gasteiger partial charge in [0.15, 0.2) is 0 Å². The van der Waals surface area contributed by atoms with Crippen LogP contribution in [-0.2, 0) is 4.79 Å². The van der Waals surface area contributed by atoms with Gasteiger partial charge in [0.1, 0.15) is 0 Å². The number of carbonyl (C=O) groups excluding carboxylic acids is 1. The zero-order valence-electron chi connectivity index (χ0n) is 13.3. The first-order chi connectivity index (χ1) is 10.9. The molecule has 0 fully saturated rings. The van der Waals surface area contributed by atoms with Gasteiger partial charge >= 0.3 is 0 Å². The van der Waals surface area contributed by atoms with Crippen molar-refractivity contribution < 1.29 is 9.72 Å². The smallest absolute Gasteiger partial charge is 0.274 e. The summed E-state index contributed by atoms with van der Waals surface area (Å²) >= 11 is 0. The van der Waals surface area contributed by atoms with Crippen molar-refractivity contribution in [3.63, 3.8) is 0 Å². The van der Waals surface area contributed by atoms with Crippen LogP contribution in [0.1, 0.15) is 16.7 Å². The lowest BCUT2D eigenvalue weighted by atomic mass is 10.1. The Morgan fingerprint density at radius 1 is 1.04 bits per heavy atom. The van der Waals surface area contributed by atoms with E-state index in [0.717, 1.165) is 16.8 Å². The predicted octanol–water partition coefficient (Wildman–Crippen LogP) is 3.57. The zero-order chi connectivity index (χ0) is 17.0. The number of benzene rings is 2. The molecule has 2 aromatic carbocycles. The maximum absolute atomic E-state index is 12.1. The number of nitrogens with zero attached hydrogens (tertiary/aromatic N) is 1. The van der Waals surface area contributed by atoms with E-state index in [9.17, 15) is 14.9 Å². The number of rotatable bonds is 5. The van der Waals surface area contributed by atoms with E-state index in [1.807, 2.05) is 32.0 Å². The molecule has 0 radical (unpaired) electrons. The van der Waals surface area contributed by atoms with E-state index in [2.05, 4.69) is 10.6 Å². The number of nitro benzene ring substituents is 1. The van der Waals surface area contributed by atoms with Crippen LogP contribution in [0.3, 0.4) is 0 Å². The zero-order valence-corrected chi connectivity index (χ0v) is 13.3. The molecule has 2 aromatic rings. The van der Waals surface area contributed by atoms with Crippen LogP contribution < -0.4 is 10.6 Å². The molecule has 0 saturated heterocycles. The van der Waals surface area contributed by atoms with Crippen molar-refractivity contribution in [3.8, 4) is 0 Å². The van der Waals surface area contributed by atoms with Gasteiger partial charge in [-0.15, -0.1) is 0 Å². The van der Waals surface area contributed by atoms with Crippen molar-refractivity contribution in [2.24, 2.45) is 0 Å². The summed E-state index contributed by atoms with van der Waals surface area (Å²) in [6.07, 6.45) is 0. The summed E-state index contributed by atoms with van der Waals surface area (Å²) < 4.78 is 0. The second-order valence-corrected chi connectivity index (χ2v) is 5.36. The van der Waals surface area contributed by atoms with Crippen molar-refractivity contribution in [1.82, 2.24) is 0 Å². The molecule has 23 heavy (non-hydrogen) atoms. The van der Waals surface area contributed by atoms with Gasteiger partial charge < -0.3 is 10.6 Å². The quantitative estimate of drug-likeness (QED) is 0.653. The summed E-state index contributed by atoms with van der Waals surface area (Å²) in [5.74, 6) is -0.255. The lowest BCUT2D eigenvalue weighted by Crippen LogP contribution is -2.22. The number of carbonyl (C=O) groups is 1. The lowest BCUT2D eigenvalue weighted by Gasteiger charge is -2.12. The summed E-state index contributed by atoms with van der Waals surface area (Å²) in [6.45, 7) is 5.70. The number of amides is 1. The Balaban J connectivity index is 2.04. The summed E-state index contributed by atoms with van der Waals surface area (Å²) in [5.41, 5.74) is 4.02. The molecule has 0 unspecified atom stereocenters. The first-order valence-electron chi connectivity index (χ1n) is 7.24. The second kappa shape index (κ2) is 6.91. The molecular formula is C17H19N3O3. The van der Waals surface area contributed by atoms with Crippen molar-refractivity contribution in [1.29, 1.82) is 0 Å². The monoisotopic (exact) mass is 313 g/mol. The molecule has 0 spiro atoms. The summed E-state index contributed by atoms with van der Waals surface area (Å²) in [5, 5.41) is 16.7. The molecule has 0 aromatic heterocycles. The average molecular weight is 313 g/mol. The molecule has 6 nitrogen and oxygen atoms in total. The van der Waals surface area contributed by atoms with Crippen molar-refractivity contribution >= 4 is 23.0 Å². The summed E-state index contributed by atoms with van der Waals surface area (Å²) in [7, 11) is 0. The second-order valence-electron chi connectivity index (χ2n) is 5.36. The van der Waals surface area contributed by atoms with Gasteiger partial charge in [0, 0.05) is 11.8 Å². The Hall–Kier alpha value is -2.89. The van der Waals surface area contributed by atoms with Gasteiger partial charge in [0.05, 0.1) is 22.7 Å². The molecule has 0 heterocycles. The minimum absolute atomic E-state index is 0.00899. The molecule has 1 amide bonds. The van der Waals surface area contributed by atoms with Crippen LogP contribution >= 0.6 is 0 Å². The van der Waals surface area contributed by atoms with E-state index in [4.69, 9.17) is 0 Å². The number of nitrogens with one attached hydrogen (secondary N) is 2. The van der Waals surface area contributed by atoms with Gasteiger partial charge in [0.25, 0.3) is 5.69 Å². The van der Waals surface area contributed by atoms with Gasteiger partial charge in [-0.05, 0) is 44.0 Å². The third-order valence-corrected chi connectivity index (χ3v) is 3.82. The number of hydrogen-bond acceptors (Lipinski definition) is 4. The number of hydrogen-bond donors (Lipinski definition) is 2. The standard InChI is InChI=1S/C17H19N3O3/c1-11-6-4-7-14(12(11)2)18-10-17(21)19-15-8-5-9-16(13(15)3)20(22)23/h4-9,18H,10H2,1-3H3,(H,19,21). The molecular weight excluding hydrogens is 294 g/mol. The normalized spacial score (nSPS) is 10.2. The Labute approximate surface area is 134 Å². The van der Waals surface area contributed by atoms with Gasteiger partial charge in [-0.2, -0.15) is 0 Å². The van der Waals surface area contributed by atoms with E-state index in [1.54, 1.807) is 19.1 Å². The lowest BCUT2D eigenvalue weighted by molar-refractivity contribution is -0.385. The third kappa shape index (κ3) is 3.85. The van der Waals surface area contributed by atoms with E-state index in [1.165, 1.54) is 6.07 Å². The van der Waals surface area contributed by atoms with E-state index >= 15 is 0 Å². The predicted molar refractivity (Wildman–Crippen MR) is 90.9 cm³/mol. The number of nitro groups is 1. The van der Waals surface area contributed by atoms with Crippen molar-refractivity contribution in [2.75, 3.05) is 17.2 Å². The first kappa shape index (κ1) is 16.5. The van der Waals surface area contributed by atoms with E-state index in [0.29, 0.717) is 11.3 Å². The van der Waals surface area contributed by atoms with Crippen LogP contribution in [0, 0.1) is 30.9 Å². The van der Waals surface area contributed by atoms with Crippen LogP contribution in [0.15, 0.2) is 36.4 Å². The van der Waals surface area contributed by atoms with Gasteiger partial charge in [-0.25, -0.2) is 0 Å². The molecule has 0 aliphatic rings. The largest absolute Gasteiger partial charge is 0.376 e. The Bertz CT molecular complexity index is 757. The topological polar surface area (TPSA) is 84.3 Å². The summed E-state index contributed by atoms with van der Waals surface area (Å²) in [6, 6.07) is 10.5. The molecule has 0 saturated carbocycles. The minimum Gasteiger partial charge on any atom is -0.376 e. The average Bonchev–Trinajstić information content (AvgIpc) is 2.50. The Morgan fingerprint density at radius 2 is 1.70 bits per heavy atom. The molecule has 0 aliphatic carbocycles. The molecule has 0 atom stereocenters. The van der Waals surface area contributed by atoms with E-state index in [-0.39, 0.29) is 18.1 Å². The fourth-order valence-corrected chi connectivity index (χ4v) is 2.27. The minimum atomic E-state index is -0.459. The van der Waals surface area contributed by atoms with Crippen LogP contribution in [0.5, 0.6) is 0 Å². The highest BCUT2D eigenvalue weighted by Crippen LogP contribution is 2.25. The number of anilines is 2. The van der Waals surface area contributed by atoms with Crippen LogP contribution in [0.2, 0.25) is 0 Å². The first-order valence-corrected chi connectivity index (χ1v) is 7.24. The maximum Gasteiger partial charge on any atom is 0.274 e. The molecule has 2 rings (SSSR count). The van der Waals surface area contributed by atoms with Gasteiger partial charge in [-0.3, -0.25) is 14.9 Å². The highest BCUT2D eigenvalue weighted by atomic mass is 16.6. The molecule has 2 N–H and O–H groups in total. The van der Waals surface area contributed by atoms with Crippen LogP contribution in [-0.4, -0.2) is 17.4 Å². The fraction of sp³-hybridized carbons (Fsp3) is 0.235. The summed E-state index contributed by atoms with van der Waals surface area (Å²) in [4.78, 5) is 22.5. The number of aryl methyl sites for hydroxylation is 1. The van der Waals surface area contributed by atoms with Crippen molar-refractivity contribution in [2.45, 2.75) is 20.8 Å². The van der Waals surface area contributed by atoms with E-state index < -0.39 is 4.92 Å². The molecule has 120 valence electrons. The fourth-order valence-electron chi connectivity index (χ4n) is 2.27. The van der Waals surface area contributed by atoms with Crippen molar-refractivity contribution in [3.05, 3.63) is 63.2 Å². The molecule has 6 heteroatoms. The highest BCUT2D eigenvalue weighted by Gasteiger charge is 2.14. The molecule has 0 aliphatic heterocycles. The van der Waals surface area contributed by atoms with Gasteiger partial charge in [0.2, 0.25) is 5.91 Å². The van der Waals surface area contributed by atoms with Crippen LogP contribution in [0.4, 0.5) is 17.1 Å². The third-order valence-electron chi connectivity index (χ3n) is 3.82. The van der Waals surface area contributed by atoms with Crippen LogP contribution in [0.25, 0.3) is 0 Å². The maximum atomic E-state index is 12.1. The SMILES string of the molecule is Cc1cccc(NCC(=O)Nc2cccc([N+](=O)[O-])c2C)c1C.